The lowest BCUT2D eigenvalue weighted by Gasteiger charge is -2.32. The maximum atomic E-state index is 6.51. The van der Waals surface area contributed by atoms with Crippen LogP contribution in [-0.2, 0) is 4.43 Å². The van der Waals surface area contributed by atoms with E-state index in [1.54, 1.807) is 0 Å². The van der Waals surface area contributed by atoms with Crippen molar-refractivity contribution in [2.45, 2.75) is 62.3 Å². The maximum Gasteiger partial charge on any atom is 0.192 e. The molecule has 0 aliphatic heterocycles. The Balaban J connectivity index is 2.57. The Morgan fingerprint density at radius 3 is 2.05 bits per heavy atom. The maximum absolute atomic E-state index is 6.51. The second kappa shape index (κ2) is 8.42. The smallest absolute Gasteiger partial charge is 0.192 e. The molecule has 2 unspecified atom stereocenters. The molecule has 1 nitrogen and oxygen atoms in total. The summed E-state index contributed by atoms with van der Waals surface area (Å²) in [5.41, 5.74) is 1.41. The van der Waals surface area contributed by atoms with Gasteiger partial charge in [0, 0.05) is 10.0 Å². The highest BCUT2D eigenvalue weighted by Crippen LogP contribution is 2.31. The van der Waals surface area contributed by atoms with Crippen LogP contribution in [-0.4, -0.2) is 14.4 Å². The molecule has 0 radical (unpaired) electrons. The topological polar surface area (TPSA) is 9.23 Å². The van der Waals surface area contributed by atoms with Gasteiger partial charge in [0.15, 0.2) is 8.32 Å². The van der Waals surface area contributed by atoms with Crippen molar-refractivity contribution in [2.75, 3.05) is 0 Å². The molecule has 0 aliphatic rings. The lowest BCUT2D eigenvalue weighted by Crippen LogP contribution is -2.39. The first-order chi connectivity index (χ1) is 9.06. The van der Waals surface area contributed by atoms with E-state index in [0.29, 0.717) is 10.0 Å². The van der Waals surface area contributed by atoms with E-state index in [9.17, 15) is 0 Å². The van der Waals surface area contributed by atoms with Gasteiger partial charge >= 0.3 is 0 Å². The predicted octanol–water partition coefficient (Wildman–Crippen LogP) is 5.96. The van der Waals surface area contributed by atoms with E-state index < -0.39 is 8.32 Å². The van der Waals surface area contributed by atoms with Crippen LogP contribution in [0.2, 0.25) is 18.1 Å². The van der Waals surface area contributed by atoms with Crippen molar-refractivity contribution in [1.29, 1.82) is 0 Å². The van der Waals surface area contributed by atoms with Gasteiger partial charge in [-0.2, -0.15) is 0 Å². The van der Waals surface area contributed by atoms with Gasteiger partial charge in [-0.15, -0.1) is 0 Å². The summed E-state index contributed by atoms with van der Waals surface area (Å²) < 4.78 is 7.06. The second-order valence-electron chi connectivity index (χ2n) is 5.29. The molecule has 1 aromatic rings. The first-order valence-corrected chi connectivity index (χ1v) is 11.2. The van der Waals surface area contributed by atoms with Crippen molar-refractivity contribution in [3.63, 3.8) is 0 Å². The minimum absolute atomic E-state index is 0.369. The molecular weight excluding hydrogens is 363 g/mol. The van der Waals surface area contributed by atoms with Gasteiger partial charge in [0.1, 0.15) is 0 Å². The van der Waals surface area contributed by atoms with Crippen molar-refractivity contribution in [2.24, 2.45) is 0 Å². The monoisotopic (exact) mass is 390 g/mol. The Kier molecular flexibility index (Phi) is 7.61. The van der Waals surface area contributed by atoms with Gasteiger partial charge in [-0.1, -0.05) is 73.7 Å². The lowest BCUT2D eigenvalue weighted by molar-refractivity contribution is 0.196. The normalized spacial score (nSPS) is 15.2. The zero-order chi connectivity index (χ0) is 14.3. The van der Waals surface area contributed by atoms with Crippen LogP contribution in [0, 0.1) is 0 Å². The van der Waals surface area contributed by atoms with Gasteiger partial charge in [-0.3, -0.25) is 0 Å². The molecule has 0 saturated carbocycles. The third-order valence-corrected chi connectivity index (χ3v) is 10.1. The summed E-state index contributed by atoms with van der Waals surface area (Å²) in [6.07, 6.45) is 1.48. The zero-order valence-corrected chi connectivity index (χ0v) is 15.8. The van der Waals surface area contributed by atoms with Gasteiger partial charge in [0.25, 0.3) is 0 Å². The van der Waals surface area contributed by atoms with Crippen molar-refractivity contribution in [1.82, 2.24) is 0 Å². The van der Waals surface area contributed by atoms with Crippen LogP contribution in [0.15, 0.2) is 30.3 Å². The highest BCUT2D eigenvalue weighted by Gasteiger charge is 2.31. The van der Waals surface area contributed by atoms with E-state index in [2.05, 4.69) is 80.6 Å². The fraction of sp³-hybridized carbons (Fsp3) is 0.625. The SMILES string of the molecule is CC[Si](CC)(CC)OC(C)CC(I)c1ccccc1. The molecule has 0 spiro atoms. The highest BCUT2D eigenvalue weighted by molar-refractivity contribution is 14.1. The van der Waals surface area contributed by atoms with Crippen LogP contribution in [0.25, 0.3) is 0 Å². The Hall–Kier alpha value is 0.127. The molecule has 2 atom stereocenters. The number of halogens is 1. The summed E-state index contributed by atoms with van der Waals surface area (Å²) in [7, 11) is -1.45. The first kappa shape index (κ1) is 17.2. The molecule has 3 heteroatoms. The van der Waals surface area contributed by atoms with Crippen LogP contribution in [0.4, 0.5) is 0 Å². The van der Waals surface area contributed by atoms with E-state index in [1.165, 1.54) is 23.7 Å². The summed E-state index contributed by atoms with van der Waals surface area (Å²) in [6.45, 7) is 9.14. The van der Waals surface area contributed by atoms with Crippen LogP contribution < -0.4 is 0 Å². The van der Waals surface area contributed by atoms with E-state index >= 15 is 0 Å². The summed E-state index contributed by atoms with van der Waals surface area (Å²) in [4.78, 5) is 0. The molecule has 19 heavy (non-hydrogen) atoms. The summed E-state index contributed by atoms with van der Waals surface area (Å²) in [5, 5.41) is 0. The number of benzene rings is 1. The van der Waals surface area contributed by atoms with Gasteiger partial charge in [-0.05, 0) is 37.0 Å². The van der Waals surface area contributed by atoms with E-state index in [0.717, 1.165) is 6.42 Å². The van der Waals surface area contributed by atoms with Gasteiger partial charge < -0.3 is 4.43 Å². The quantitative estimate of drug-likeness (QED) is 0.302. The van der Waals surface area contributed by atoms with Gasteiger partial charge in [0.05, 0.1) is 0 Å². The zero-order valence-electron chi connectivity index (χ0n) is 12.7. The molecule has 0 amide bonds. The molecule has 108 valence electrons. The van der Waals surface area contributed by atoms with Crippen LogP contribution in [0.3, 0.4) is 0 Å². The molecule has 0 saturated heterocycles. The molecule has 0 aromatic heterocycles. The number of alkyl halides is 1. The predicted molar refractivity (Wildman–Crippen MR) is 95.6 cm³/mol. The summed E-state index contributed by atoms with van der Waals surface area (Å²) >= 11 is 2.55. The minimum atomic E-state index is -1.45. The van der Waals surface area contributed by atoms with Gasteiger partial charge in [-0.25, -0.2) is 0 Å². The van der Waals surface area contributed by atoms with E-state index in [-0.39, 0.29) is 0 Å². The summed E-state index contributed by atoms with van der Waals surface area (Å²) in [6, 6.07) is 14.5. The molecule has 0 aliphatic carbocycles. The molecule has 0 fully saturated rings. The van der Waals surface area contributed by atoms with Crippen molar-refractivity contribution < 1.29 is 4.43 Å². The average Bonchev–Trinajstić information content (AvgIpc) is 2.46. The highest BCUT2D eigenvalue weighted by atomic mass is 127. The largest absolute Gasteiger partial charge is 0.414 e. The molecule has 0 N–H and O–H groups in total. The fourth-order valence-electron chi connectivity index (χ4n) is 2.56. The van der Waals surface area contributed by atoms with Crippen molar-refractivity contribution >= 4 is 30.9 Å². The Bertz CT molecular complexity index is 343. The minimum Gasteiger partial charge on any atom is -0.414 e. The molecular formula is C16H27IOSi. The standard InChI is InChI=1S/C16H27IOSi/c1-5-19(6-2,7-3)18-14(4)13-16(17)15-11-9-8-10-12-15/h8-12,14,16H,5-7,13H2,1-4H3. The Morgan fingerprint density at radius 1 is 1.05 bits per heavy atom. The number of rotatable bonds is 8. The Labute approximate surface area is 133 Å². The van der Waals surface area contributed by atoms with Crippen molar-refractivity contribution in [3.8, 4) is 0 Å². The van der Waals surface area contributed by atoms with Crippen LogP contribution in [0.1, 0.15) is 43.6 Å². The molecule has 0 heterocycles. The van der Waals surface area contributed by atoms with E-state index in [4.69, 9.17) is 4.43 Å². The third kappa shape index (κ3) is 5.19. The molecule has 1 rings (SSSR count). The number of hydrogen-bond acceptors (Lipinski definition) is 1. The van der Waals surface area contributed by atoms with Crippen LogP contribution in [0.5, 0.6) is 0 Å². The fourth-order valence-corrected chi connectivity index (χ4v) is 6.65. The lowest BCUT2D eigenvalue weighted by atomic mass is 10.1. The third-order valence-electron chi connectivity index (χ3n) is 4.08. The van der Waals surface area contributed by atoms with Gasteiger partial charge in [0.2, 0.25) is 0 Å². The van der Waals surface area contributed by atoms with Crippen LogP contribution >= 0.6 is 22.6 Å². The molecule has 1 aromatic carbocycles. The first-order valence-electron chi connectivity index (χ1n) is 7.43. The summed E-state index contributed by atoms with van der Waals surface area (Å²) in [5.74, 6) is 0. The van der Waals surface area contributed by atoms with Crippen molar-refractivity contribution in [3.05, 3.63) is 35.9 Å². The van der Waals surface area contributed by atoms with E-state index in [1.807, 2.05) is 0 Å². The second-order valence-corrected chi connectivity index (χ2v) is 11.5. The average molecular weight is 390 g/mol. The Morgan fingerprint density at radius 2 is 1.58 bits per heavy atom. The molecule has 0 bridgehead atoms. The number of hydrogen-bond donors (Lipinski definition) is 0.